The molecule has 0 unspecified atom stereocenters. The van der Waals surface area contributed by atoms with E-state index in [4.69, 9.17) is 15.7 Å². The lowest BCUT2D eigenvalue weighted by atomic mass is 9.95. The van der Waals surface area contributed by atoms with Crippen LogP contribution in [0.15, 0.2) is 73.1 Å². The lowest BCUT2D eigenvalue weighted by Gasteiger charge is -2.39. The van der Waals surface area contributed by atoms with E-state index in [1.54, 1.807) is 11.0 Å². The van der Waals surface area contributed by atoms with Crippen molar-refractivity contribution in [2.45, 2.75) is 6.42 Å². The molecule has 0 bridgehead atoms. The van der Waals surface area contributed by atoms with Crippen molar-refractivity contribution in [3.63, 3.8) is 0 Å². The van der Waals surface area contributed by atoms with Gasteiger partial charge in [0.05, 0.1) is 5.56 Å². The molecular formula is C25H24N6O2. The number of hydrogen-bond donors (Lipinski definition) is 2. The number of hydrogen-bond acceptors (Lipinski definition) is 7. The molecule has 0 spiro atoms. The number of nitrogens with two attached hydrogens (primary N) is 1. The number of amides is 1. The quantitative estimate of drug-likeness (QED) is 0.403. The van der Waals surface area contributed by atoms with Crippen LogP contribution in [0.25, 0.3) is 11.1 Å². The molecule has 8 nitrogen and oxygen atoms in total. The van der Waals surface area contributed by atoms with Gasteiger partial charge in [-0.3, -0.25) is 4.79 Å². The van der Waals surface area contributed by atoms with Crippen LogP contribution in [-0.4, -0.2) is 40.4 Å². The monoisotopic (exact) mass is 440 g/mol. The van der Waals surface area contributed by atoms with Gasteiger partial charge in [0.2, 0.25) is 0 Å². The van der Waals surface area contributed by atoms with Crippen LogP contribution in [0, 0.1) is 17.2 Å². The summed E-state index contributed by atoms with van der Waals surface area (Å²) >= 11 is 0. The highest BCUT2D eigenvalue weighted by Crippen LogP contribution is 2.33. The molecule has 1 saturated heterocycles. The number of benzene rings is 2. The van der Waals surface area contributed by atoms with Crippen molar-refractivity contribution in [3.8, 4) is 28.7 Å². The zero-order valence-electron chi connectivity index (χ0n) is 18.1. The van der Waals surface area contributed by atoms with Gasteiger partial charge in [-0.1, -0.05) is 36.9 Å². The molecule has 1 fully saturated rings. The Balaban J connectivity index is 1.36. The van der Waals surface area contributed by atoms with Crippen LogP contribution >= 0.6 is 0 Å². The zero-order valence-corrected chi connectivity index (χ0v) is 18.1. The Bertz CT molecular complexity index is 1180. The number of ether oxygens (including phenoxy) is 1. The van der Waals surface area contributed by atoms with Crippen molar-refractivity contribution in [3.05, 3.63) is 73.1 Å². The first kappa shape index (κ1) is 21.8. The minimum absolute atomic E-state index is 0.0205. The van der Waals surface area contributed by atoms with Gasteiger partial charge in [-0.05, 0) is 42.2 Å². The molecule has 1 aromatic heterocycles. The summed E-state index contributed by atoms with van der Waals surface area (Å²) in [5, 5.41) is 12.1. The van der Waals surface area contributed by atoms with E-state index in [2.05, 4.69) is 21.9 Å². The van der Waals surface area contributed by atoms with Crippen LogP contribution in [0.2, 0.25) is 0 Å². The average molecular weight is 441 g/mol. The molecule has 1 amide bonds. The summed E-state index contributed by atoms with van der Waals surface area (Å²) in [7, 11) is 0. The smallest absolute Gasteiger partial charge is 0.263 e. The van der Waals surface area contributed by atoms with Gasteiger partial charge in [0, 0.05) is 19.6 Å². The first-order valence-corrected chi connectivity index (χ1v) is 10.6. The number of carbonyl (C=O) groups is 1. The summed E-state index contributed by atoms with van der Waals surface area (Å²) in [6.45, 7) is 5.40. The minimum Gasteiger partial charge on any atom is -0.457 e. The second-order valence-corrected chi connectivity index (χ2v) is 7.80. The van der Waals surface area contributed by atoms with E-state index in [0.29, 0.717) is 37.2 Å². The van der Waals surface area contributed by atoms with E-state index in [9.17, 15) is 4.79 Å². The summed E-state index contributed by atoms with van der Waals surface area (Å²) in [6.07, 6.45) is 2.29. The molecule has 0 aliphatic carbocycles. The zero-order chi connectivity index (χ0) is 23.2. The minimum atomic E-state index is -0.285. The fraction of sp³-hybridized carbons (Fsp3) is 0.200. The van der Waals surface area contributed by atoms with Gasteiger partial charge in [-0.15, -0.1) is 0 Å². The number of nitriles is 1. The molecule has 1 aliphatic rings. The van der Waals surface area contributed by atoms with Crippen LogP contribution in [0.1, 0.15) is 6.42 Å². The second kappa shape index (κ2) is 9.83. The summed E-state index contributed by atoms with van der Waals surface area (Å²) in [4.78, 5) is 22.1. The predicted octanol–water partition coefficient (Wildman–Crippen LogP) is 3.86. The summed E-state index contributed by atoms with van der Waals surface area (Å²) in [6, 6.07) is 19.0. The van der Waals surface area contributed by atoms with Crippen molar-refractivity contribution in [2.24, 2.45) is 5.92 Å². The van der Waals surface area contributed by atoms with E-state index >= 15 is 0 Å². The lowest BCUT2D eigenvalue weighted by Crippen LogP contribution is -2.50. The van der Waals surface area contributed by atoms with Gasteiger partial charge in [0.25, 0.3) is 5.91 Å². The fourth-order valence-electron chi connectivity index (χ4n) is 3.68. The molecule has 166 valence electrons. The highest BCUT2D eigenvalue weighted by Gasteiger charge is 2.31. The summed E-state index contributed by atoms with van der Waals surface area (Å²) < 4.78 is 5.86. The van der Waals surface area contributed by atoms with E-state index in [0.717, 1.165) is 29.0 Å². The number of nitrogens with one attached hydrogen (secondary N) is 1. The lowest BCUT2D eigenvalue weighted by molar-refractivity contribution is -0.132. The number of rotatable bonds is 8. The number of likely N-dealkylation sites (tertiary alicyclic amines) is 1. The summed E-state index contributed by atoms with van der Waals surface area (Å²) in [5.41, 5.74) is 7.77. The number of nitrogens with zero attached hydrogens (tertiary/aromatic N) is 4. The summed E-state index contributed by atoms with van der Waals surface area (Å²) in [5.74, 6) is 2.61. The Morgan fingerprint density at radius 1 is 1.15 bits per heavy atom. The number of anilines is 2. The molecule has 0 radical (unpaired) electrons. The fourth-order valence-corrected chi connectivity index (χ4v) is 3.68. The second-order valence-electron chi connectivity index (χ2n) is 7.80. The Morgan fingerprint density at radius 2 is 1.85 bits per heavy atom. The van der Waals surface area contributed by atoms with Crippen molar-refractivity contribution >= 4 is 17.5 Å². The SMILES string of the molecule is C=C(C#N)C(=O)N1CC(CCNc2ncnc(N)c2-c2ccc(Oc3ccccc3)cc2)C1. The van der Waals surface area contributed by atoms with Gasteiger partial charge < -0.3 is 20.7 Å². The molecule has 3 aromatic rings. The number of nitrogen functional groups attached to an aromatic ring is 1. The Hall–Kier alpha value is -4.38. The highest BCUT2D eigenvalue weighted by atomic mass is 16.5. The molecule has 4 rings (SSSR count). The van der Waals surface area contributed by atoms with Crippen molar-refractivity contribution < 1.29 is 9.53 Å². The Morgan fingerprint density at radius 3 is 2.55 bits per heavy atom. The molecule has 8 heteroatoms. The maximum absolute atomic E-state index is 11.9. The first-order chi connectivity index (χ1) is 16.0. The third kappa shape index (κ3) is 5.10. The van der Waals surface area contributed by atoms with Gasteiger partial charge >= 0.3 is 0 Å². The molecule has 33 heavy (non-hydrogen) atoms. The average Bonchev–Trinajstić information content (AvgIpc) is 2.81. The maximum Gasteiger partial charge on any atom is 0.263 e. The van der Waals surface area contributed by atoms with Gasteiger partial charge in [0.1, 0.15) is 41.1 Å². The van der Waals surface area contributed by atoms with Crippen molar-refractivity contribution in [2.75, 3.05) is 30.7 Å². The van der Waals surface area contributed by atoms with E-state index in [1.165, 1.54) is 6.33 Å². The van der Waals surface area contributed by atoms with Crippen LogP contribution < -0.4 is 15.8 Å². The number of carbonyl (C=O) groups excluding carboxylic acids is 1. The molecule has 1 aliphatic heterocycles. The van der Waals surface area contributed by atoms with Gasteiger partial charge in [0.15, 0.2) is 0 Å². The van der Waals surface area contributed by atoms with Crippen LogP contribution in [-0.2, 0) is 4.79 Å². The maximum atomic E-state index is 11.9. The largest absolute Gasteiger partial charge is 0.457 e. The number of aromatic nitrogens is 2. The van der Waals surface area contributed by atoms with Gasteiger partial charge in [-0.25, -0.2) is 9.97 Å². The third-order valence-electron chi connectivity index (χ3n) is 5.48. The van der Waals surface area contributed by atoms with E-state index in [-0.39, 0.29) is 11.5 Å². The molecule has 2 aromatic carbocycles. The molecule has 0 atom stereocenters. The number of para-hydroxylation sites is 1. The van der Waals surface area contributed by atoms with Gasteiger partial charge in [-0.2, -0.15) is 5.26 Å². The molecule has 2 heterocycles. The van der Waals surface area contributed by atoms with Crippen LogP contribution in [0.3, 0.4) is 0 Å². The van der Waals surface area contributed by atoms with Crippen LogP contribution in [0.4, 0.5) is 11.6 Å². The highest BCUT2D eigenvalue weighted by molar-refractivity contribution is 5.97. The normalized spacial score (nSPS) is 13.0. The van der Waals surface area contributed by atoms with Crippen molar-refractivity contribution in [1.29, 1.82) is 5.26 Å². The standard InChI is InChI=1S/C25H24N6O2/c1-17(13-26)25(32)31-14-18(15-31)11-12-28-24-22(23(27)29-16-30-24)19-7-9-21(10-8-19)33-20-5-3-2-4-6-20/h2-10,16,18H,1,11-12,14-15H2,(H3,27,28,29,30). The molecular weight excluding hydrogens is 416 g/mol. The molecule has 0 saturated carbocycles. The van der Waals surface area contributed by atoms with Crippen molar-refractivity contribution in [1.82, 2.24) is 14.9 Å². The predicted molar refractivity (Wildman–Crippen MR) is 126 cm³/mol. The van der Waals surface area contributed by atoms with E-state index in [1.807, 2.05) is 54.6 Å². The Labute approximate surface area is 192 Å². The topological polar surface area (TPSA) is 117 Å². The van der Waals surface area contributed by atoms with E-state index < -0.39 is 0 Å². The molecule has 3 N–H and O–H groups in total. The van der Waals surface area contributed by atoms with Crippen LogP contribution in [0.5, 0.6) is 11.5 Å². The Kier molecular flexibility index (Phi) is 6.51. The third-order valence-corrected chi connectivity index (χ3v) is 5.48. The first-order valence-electron chi connectivity index (χ1n) is 10.6.